The Labute approximate surface area is 121 Å². The fourth-order valence-electron chi connectivity index (χ4n) is 2.20. The molecule has 0 unspecified atom stereocenters. The molecule has 0 bridgehead atoms. The van der Waals surface area contributed by atoms with Gasteiger partial charge in [0.15, 0.2) is 0 Å². The average Bonchev–Trinajstić information content (AvgIpc) is 2.42. The zero-order valence-corrected chi connectivity index (χ0v) is 12.7. The zero-order valence-electron chi connectivity index (χ0n) is 12.7. The number of amides is 1. The Bertz CT molecular complexity index is 384. The summed E-state index contributed by atoms with van der Waals surface area (Å²) in [7, 11) is 1.51. The van der Waals surface area contributed by atoms with Crippen LogP contribution in [0.1, 0.15) is 39.5 Å². The summed E-state index contributed by atoms with van der Waals surface area (Å²) >= 11 is 0. The first-order valence-electron chi connectivity index (χ1n) is 7.35. The molecule has 0 saturated heterocycles. The van der Waals surface area contributed by atoms with E-state index >= 15 is 0 Å². The molecule has 0 atom stereocenters. The highest BCUT2D eigenvalue weighted by molar-refractivity contribution is 5.91. The van der Waals surface area contributed by atoms with Crippen molar-refractivity contribution in [3.05, 3.63) is 24.3 Å². The van der Waals surface area contributed by atoms with Crippen molar-refractivity contribution in [3.63, 3.8) is 0 Å². The van der Waals surface area contributed by atoms with Crippen LogP contribution in [0.3, 0.4) is 0 Å². The summed E-state index contributed by atoms with van der Waals surface area (Å²) in [6, 6.07) is 8.34. The average molecular weight is 278 g/mol. The smallest absolute Gasteiger partial charge is 0.250 e. The van der Waals surface area contributed by atoms with Gasteiger partial charge >= 0.3 is 0 Å². The Hall–Kier alpha value is -1.55. The van der Waals surface area contributed by atoms with E-state index in [1.807, 2.05) is 24.3 Å². The van der Waals surface area contributed by atoms with Crippen LogP contribution in [0.15, 0.2) is 24.3 Å². The quantitative estimate of drug-likeness (QED) is 0.725. The summed E-state index contributed by atoms with van der Waals surface area (Å²) < 4.78 is 4.78. The topological polar surface area (TPSA) is 50.4 Å². The van der Waals surface area contributed by atoms with E-state index in [0.29, 0.717) is 6.04 Å². The van der Waals surface area contributed by atoms with Crippen LogP contribution < -0.4 is 10.6 Å². The first-order chi connectivity index (χ1) is 9.69. The third-order valence-electron chi connectivity index (χ3n) is 3.09. The summed E-state index contributed by atoms with van der Waals surface area (Å²) in [6.45, 7) is 4.49. The van der Waals surface area contributed by atoms with E-state index in [9.17, 15) is 4.79 Å². The fourth-order valence-corrected chi connectivity index (χ4v) is 2.20. The van der Waals surface area contributed by atoms with E-state index in [0.717, 1.165) is 11.4 Å². The van der Waals surface area contributed by atoms with E-state index < -0.39 is 0 Å². The van der Waals surface area contributed by atoms with Gasteiger partial charge in [0, 0.05) is 24.5 Å². The van der Waals surface area contributed by atoms with Gasteiger partial charge in [-0.15, -0.1) is 0 Å². The number of anilines is 2. The molecule has 0 fully saturated rings. The fraction of sp³-hybridized carbons (Fsp3) is 0.562. The van der Waals surface area contributed by atoms with Crippen molar-refractivity contribution in [2.24, 2.45) is 0 Å². The number of rotatable bonds is 9. The van der Waals surface area contributed by atoms with Gasteiger partial charge in [0.25, 0.3) is 0 Å². The van der Waals surface area contributed by atoms with Crippen LogP contribution in [0.5, 0.6) is 0 Å². The number of ether oxygens (including phenoxy) is 1. The van der Waals surface area contributed by atoms with Crippen LogP contribution in [0.4, 0.5) is 11.4 Å². The van der Waals surface area contributed by atoms with Crippen LogP contribution in [-0.2, 0) is 9.53 Å². The number of hydrogen-bond donors (Lipinski definition) is 2. The third-order valence-corrected chi connectivity index (χ3v) is 3.09. The molecule has 0 saturated carbocycles. The minimum atomic E-state index is -0.136. The minimum absolute atomic E-state index is 0.0784. The maximum atomic E-state index is 11.4. The van der Waals surface area contributed by atoms with Gasteiger partial charge in [-0.1, -0.05) is 26.7 Å². The van der Waals surface area contributed by atoms with Gasteiger partial charge in [-0.3, -0.25) is 4.79 Å². The molecule has 4 heteroatoms. The molecule has 4 nitrogen and oxygen atoms in total. The molecule has 0 aliphatic rings. The molecule has 1 aromatic carbocycles. The molecule has 0 spiro atoms. The normalized spacial score (nSPS) is 10.6. The number of nitrogens with one attached hydrogen (secondary N) is 2. The molecule has 1 amide bonds. The van der Waals surface area contributed by atoms with Crippen LogP contribution in [0, 0.1) is 0 Å². The molecule has 0 aliphatic heterocycles. The molecule has 1 rings (SSSR count). The SMILES string of the molecule is CCCC(CCC)Nc1ccc(NC(=O)COC)cc1. The van der Waals surface area contributed by atoms with Gasteiger partial charge < -0.3 is 15.4 Å². The molecule has 0 heterocycles. The lowest BCUT2D eigenvalue weighted by atomic mass is 10.1. The predicted octanol–water partition coefficient (Wildman–Crippen LogP) is 3.65. The van der Waals surface area contributed by atoms with Crippen LogP contribution in [0.25, 0.3) is 0 Å². The summed E-state index contributed by atoms with van der Waals surface area (Å²) in [4.78, 5) is 11.4. The Morgan fingerprint density at radius 3 is 2.15 bits per heavy atom. The van der Waals surface area contributed by atoms with Crippen molar-refractivity contribution in [1.29, 1.82) is 0 Å². The van der Waals surface area contributed by atoms with Crippen LogP contribution in [-0.4, -0.2) is 25.7 Å². The largest absolute Gasteiger partial charge is 0.382 e. The number of benzene rings is 1. The Balaban J connectivity index is 2.54. The van der Waals surface area contributed by atoms with Crippen molar-refractivity contribution >= 4 is 17.3 Å². The van der Waals surface area contributed by atoms with E-state index in [4.69, 9.17) is 4.74 Å². The van der Waals surface area contributed by atoms with Crippen LogP contribution >= 0.6 is 0 Å². The molecule has 0 aromatic heterocycles. The van der Waals surface area contributed by atoms with Gasteiger partial charge in [-0.05, 0) is 37.1 Å². The summed E-state index contributed by atoms with van der Waals surface area (Å²) in [5, 5.41) is 6.33. The maximum Gasteiger partial charge on any atom is 0.250 e. The first kappa shape index (κ1) is 16.5. The minimum Gasteiger partial charge on any atom is -0.382 e. The second kappa shape index (κ2) is 9.37. The second-order valence-corrected chi connectivity index (χ2v) is 4.98. The van der Waals surface area contributed by atoms with Crippen molar-refractivity contribution in [2.45, 2.75) is 45.6 Å². The van der Waals surface area contributed by atoms with Crippen molar-refractivity contribution in [1.82, 2.24) is 0 Å². The molecule has 112 valence electrons. The molecule has 20 heavy (non-hydrogen) atoms. The van der Waals surface area contributed by atoms with Crippen molar-refractivity contribution in [2.75, 3.05) is 24.4 Å². The molecular weight excluding hydrogens is 252 g/mol. The predicted molar refractivity (Wildman–Crippen MR) is 84.2 cm³/mol. The van der Waals surface area contributed by atoms with E-state index in [1.54, 1.807) is 0 Å². The number of carbonyl (C=O) groups is 1. The monoisotopic (exact) mass is 278 g/mol. The Kier molecular flexibility index (Phi) is 7.73. The van der Waals surface area contributed by atoms with Crippen molar-refractivity contribution in [3.8, 4) is 0 Å². The summed E-state index contributed by atoms with van der Waals surface area (Å²) in [5.74, 6) is -0.136. The lowest BCUT2D eigenvalue weighted by Crippen LogP contribution is -2.19. The standard InChI is InChI=1S/C16H26N2O2/c1-4-6-13(7-5-2)17-14-8-10-15(11-9-14)18-16(19)12-20-3/h8-11,13,17H,4-7,12H2,1-3H3,(H,18,19). The summed E-state index contributed by atoms with van der Waals surface area (Å²) in [6.07, 6.45) is 4.73. The number of methoxy groups -OCH3 is 1. The van der Waals surface area contributed by atoms with Crippen molar-refractivity contribution < 1.29 is 9.53 Å². The Morgan fingerprint density at radius 2 is 1.65 bits per heavy atom. The molecule has 1 aromatic rings. The van der Waals surface area contributed by atoms with E-state index in [-0.39, 0.29) is 12.5 Å². The zero-order chi connectivity index (χ0) is 14.8. The molecule has 0 aliphatic carbocycles. The highest BCUT2D eigenvalue weighted by atomic mass is 16.5. The van der Waals surface area contributed by atoms with Crippen LogP contribution in [0.2, 0.25) is 0 Å². The number of carbonyl (C=O) groups excluding carboxylic acids is 1. The van der Waals surface area contributed by atoms with Gasteiger partial charge in [0.2, 0.25) is 5.91 Å². The third kappa shape index (κ3) is 6.06. The van der Waals surface area contributed by atoms with Gasteiger partial charge in [0.1, 0.15) is 6.61 Å². The molecule has 2 N–H and O–H groups in total. The highest BCUT2D eigenvalue weighted by Crippen LogP contribution is 2.17. The van der Waals surface area contributed by atoms with Gasteiger partial charge in [0.05, 0.1) is 0 Å². The number of hydrogen-bond acceptors (Lipinski definition) is 3. The lowest BCUT2D eigenvalue weighted by Gasteiger charge is -2.19. The Morgan fingerprint density at radius 1 is 1.10 bits per heavy atom. The highest BCUT2D eigenvalue weighted by Gasteiger charge is 2.06. The lowest BCUT2D eigenvalue weighted by molar-refractivity contribution is -0.119. The first-order valence-corrected chi connectivity index (χ1v) is 7.35. The molecular formula is C16H26N2O2. The molecule has 0 radical (unpaired) electrons. The van der Waals surface area contributed by atoms with E-state index in [1.165, 1.54) is 32.8 Å². The maximum absolute atomic E-state index is 11.4. The second-order valence-electron chi connectivity index (χ2n) is 4.98. The van der Waals surface area contributed by atoms with Gasteiger partial charge in [-0.2, -0.15) is 0 Å². The van der Waals surface area contributed by atoms with E-state index in [2.05, 4.69) is 24.5 Å². The summed E-state index contributed by atoms with van der Waals surface area (Å²) in [5.41, 5.74) is 1.89. The van der Waals surface area contributed by atoms with Gasteiger partial charge in [-0.25, -0.2) is 0 Å².